The molecule has 0 aliphatic carbocycles. The number of carbonyl (C=O) groups is 1. The maximum absolute atomic E-state index is 10.8. The second kappa shape index (κ2) is 4.85. The van der Waals surface area contributed by atoms with Crippen LogP contribution in [0.5, 0.6) is 0 Å². The molecule has 1 aromatic heterocycles. The largest absolute Gasteiger partial charge is 0.478 e. The summed E-state index contributed by atoms with van der Waals surface area (Å²) >= 11 is 0. The van der Waals surface area contributed by atoms with E-state index in [1.807, 2.05) is 12.1 Å². The smallest absolute Gasteiger partial charge is 0.335 e. The summed E-state index contributed by atoms with van der Waals surface area (Å²) in [4.78, 5) is 10.8. The number of hydrogen-bond donors (Lipinski definition) is 1. The van der Waals surface area contributed by atoms with Crippen LogP contribution in [0.15, 0.2) is 54.7 Å². The predicted molar refractivity (Wildman–Crippen MR) is 79.2 cm³/mol. The van der Waals surface area contributed by atoms with Gasteiger partial charge in [0.15, 0.2) is 0 Å². The Balaban J connectivity index is 1.91. The molecule has 1 N–H and O–H groups in total. The summed E-state index contributed by atoms with van der Waals surface area (Å²) in [5.74, 6) is -0.890. The van der Waals surface area contributed by atoms with Gasteiger partial charge in [-0.3, -0.25) is 0 Å². The minimum Gasteiger partial charge on any atom is -0.478 e. The maximum atomic E-state index is 10.8. The standard InChI is InChI=1S/C17H15NO2/c1-12-2-7-16-15(10-12)8-9-18(16)11-13-3-5-14(6-4-13)17(19)20/h2-10H,11H2,1H3,(H,19,20). The van der Waals surface area contributed by atoms with Gasteiger partial charge >= 0.3 is 5.97 Å². The number of carboxylic acids is 1. The first-order valence-corrected chi connectivity index (χ1v) is 6.51. The van der Waals surface area contributed by atoms with Crippen LogP contribution in [0.4, 0.5) is 0 Å². The fourth-order valence-electron chi connectivity index (χ4n) is 2.41. The molecule has 0 bridgehead atoms. The highest BCUT2D eigenvalue weighted by Gasteiger charge is 2.04. The second-order valence-electron chi connectivity index (χ2n) is 5.01. The number of aromatic carboxylic acids is 1. The van der Waals surface area contributed by atoms with Crippen molar-refractivity contribution in [2.75, 3.05) is 0 Å². The molecular weight excluding hydrogens is 250 g/mol. The highest BCUT2D eigenvalue weighted by molar-refractivity contribution is 5.87. The summed E-state index contributed by atoms with van der Waals surface area (Å²) in [5.41, 5.74) is 3.86. The SMILES string of the molecule is Cc1ccc2c(ccn2Cc2ccc(C(=O)O)cc2)c1. The summed E-state index contributed by atoms with van der Waals surface area (Å²) < 4.78 is 2.17. The fourth-order valence-corrected chi connectivity index (χ4v) is 2.41. The summed E-state index contributed by atoms with van der Waals surface area (Å²) in [5, 5.41) is 10.1. The maximum Gasteiger partial charge on any atom is 0.335 e. The van der Waals surface area contributed by atoms with Crippen molar-refractivity contribution in [3.8, 4) is 0 Å². The van der Waals surface area contributed by atoms with Crippen molar-refractivity contribution in [2.24, 2.45) is 0 Å². The van der Waals surface area contributed by atoms with Crippen molar-refractivity contribution < 1.29 is 9.90 Å². The zero-order chi connectivity index (χ0) is 14.1. The Kier molecular flexibility index (Phi) is 3.03. The van der Waals surface area contributed by atoms with Crippen molar-refractivity contribution in [2.45, 2.75) is 13.5 Å². The van der Waals surface area contributed by atoms with Crippen LogP contribution in [-0.4, -0.2) is 15.6 Å². The monoisotopic (exact) mass is 265 g/mol. The van der Waals surface area contributed by atoms with Crippen molar-refractivity contribution in [3.05, 3.63) is 71.4 Å². The Morgan fingerprint density at radius 3 is 2.55 bits per heavy atom. The molecule has 0 amide bonds. The van der Waals surface area contributed by atoms with Crippen LogP contribution in [-0.2, 0) is 6.54 Å². The Morgan fingerprint density at radius 1 is 1.10 bits per heavy atom. The van der Waals surface area contributed by atoms with Gasteiger partial charge in [0.05, 0.1) is 5.56 Å². The molecule has 1 heterocycles. The predicted octanol–water partition coefficient (Wildman–Crippen LogP) is 3.70. The van der Waals surface area contributed by atoms with Gasteiger partial charge in [-0.2, -0.15) is 0 Å². The molecule has 0 unspecified atom stereocenters. The van der Waals surface area contributed by atoms with E-state index in [0.29, 0.717) is 5.56 Å². The van der Waals surface area contributed by atoms with E-state index < -0.39 is 5.97 Å². The van der Waals surface area contributed by atoms with E-state index >= 15 is 0 Å². The molecular formula is C17H15NO2. The first kappa shape index (κ1) is 12.5. The number of nitrogens with zero attached hydrogens (tertiary/aromatic N) is 1. The van der Waals surface area contributed by atoms with E-state index in [1.165, 1.54) is 16.5 Å². The molecule has 3 heteroatoms. The third-order valence-corrected chi connectivity index (χ3v) is 3.48. The van der Waals surface area contributed by atoms with Gasteiger partial charge in [0.1, 0.15) is 0 Å². The van der Waals surface area contributed by atoms with Crippen LogP contribution < -0.4 is 0 Å². The molecule has 2 aromatic carbocycles. The van der Waals surface area contributed by atoms with Gasteiger partial charge in [0.25, 0.3) is 0 Å². The third-order valence-electron chi connectivity index (χ3n) is 3.48. The van der Waals surface area contributed by atoms with Gasteiger partial charge in [-0.05, 0) is 48.2 Å². The molecule has 3 nitrogen and oxygen atoms in total. The van der Waals surface area contributed by atoms with E-state index in [-0.39, 0.29) is 0 Å². The van der Waals surface area contributed by atoms with E-state index in [4.69, 9.17) is 5.11 Å². The lowest BCUT2D eigenvalue weighted by Gasteiger charge is -2.06. The molecule has 0 aliphatic rings. The van der Waals surface area contributed by atoms with Gasteiger partial charge < -0.3 is 9.67 Å². The molecule has 0 saturated heterocycles. The first-order valence-electron chi connectivity index (χ1n) is 6.51. The van der Waals surface area contributed by atoms with Gasteiger partial charge in [0, 0.05) is 18.3 Å². The summed E-state index contributed by atoms with van der Waals surface area (Å²) in [7, 11) is 0. The fraction of sp³-hybridized carbons (Fsp3) is 0.118. The molecule has 0 spiro atoms. The number of aromatic nitrogens is 1. The summed E-state index contributed by atoms with van der Waals surface area (Å²) in [6, 6.07) is 15.5. The van der Waals surface area contributed by atoms with Crippen molar-refractivity contribution in [1.82, 2.24) is 4.57 Å². The highest BCUT2D eigenvalue weighted by atomic mass is 16.4. The minimum absolute atomic E-state index is 0.321. The quantitative estimate of drug-likeness (QED) is 0.784. The lowest BCUT2D eigenvalue weighted by Crippen LogP contribution is -2.00. The van der Waals surface area contributed by atoms with Crippen LogP contribution in [0, 0.1) is 6.92 Å². The zero-order valence-corrected chi connectivity index (χ0v) is 11.2. The van der Waals surface area contributed by atoms with Gasteiger partial charge in [-0.25, -0.2) is 4.79 Å². The van der Waals surface area contributed by atoms with Crippen LogP contribution in [0.2, 0.25) is 0 Å². The van der Waals surface area contributed by atoms with E-state index in [2.05, 4.69) is 42.0 Å². The Morgan fingerprint density at radius 2 is 1.85 bits per heavy atom. The highest BCUT2D eigenvalue weighted by Crippen LogP contribution is 2.19. The number of benzene rings is 2. The minimum atomic E-state index is -0.890. The molecule has 0 atom stereocenters. The molecule has 100 valence electrons. The van der Waals surface area contributed by atoms with Gasteiger partial charge in [0.2, 0.25) is 0 Å². The topological polar surface area (TPSA) is 42.2 Å². The number of hydrogen-bond acceptors (Lipinski definition) is 1. The van der Waals surface area contributed by atoms with Crippen molar-refractivity contribution in [1.29, 1.82) is 0 Å². The molecule has 3 aromatic rings. The van der Waals surface area contributed by atoms with Gasteiger partial charge in [-0.15, -0.1) is 0 Å². The van der Waals surface area contributed by atoms with E-state index in [1.54, 1.807) is 12.1 Å². The van der Waals surface area contributed by atoms with E-state index in [0.717, 1.165) is 12.1 Å². The molecule has 3 rings (SSSR count). The number of aryl methyl sites for hydroxylation is 1. The molecule has 0 saturated carbocycles. The van der Waals surface area contributed by atoms with Crippen molar-refractivity contribution in [3.63, 3.8) is 0 Å². The van der Waals surface area contributed by atoms with Crippen LogP contribution >= 0.6 is 0 Å². The third kappa shape index (κ3) is 2.30. The van der Waals surface area contributed by atoms with Gasteiger partial charge in [-0.1, -0.05) is 23.8 Å². The Bertz CT molecular complexity index is 769. The number of carboxylic acid groups (broad SMARTS) is 1. The van der Waals surface area contributed by atoms with Crippen LogP contribution in [0.1, 0.15) is 21.5 Å². The molecule has 0 radical (unpaired) electrons. The molecule has 20 heavy (non-hydrogen) atoms. The molecule has 0 fully saturated rings. The second-order valence-corrected chi connectivity index (χ2v) is 5.01. The number of fused-ring (bicyclic) bond motifs is 1. The summed E-state index contributed by atoms with van der Waals surface area (Å²) in [6.07, 6.45) is 2.06. The lowest BCUT2D eigenvalue weighted by atomic mass is 10.1. The average molecular weight is 265 g/mol. The molecule has 0 aliphatic heterocycles. The Labute approximate surface area is 117 Å². The average Bonchev–Trinajstić information content (AvgIpc) is 2.81. The summed E-state index contributed by atoms with van der Waals surface area (Å²) in [6.45, 7) is 2.83. The lowest BCUT2D eigenvalue weighted by molar-refractivity contribution is 0.0697. The van der Waals surface area contributed by atoms with Crippen LogP contribution in [0.25, 0.3) is 10.9 Å². The van der Waals surface area contributed by atoms with Crippen molar-refractivity contribution >= 4 is 16.9 Å². The first-order chi connectivity index (χ1) is 9.63. The number of rotatable bonds is 3. The Hall–Kier alpha value is -2.55. The van der Waals surface area contributed by atoms with E-state index in [9.17, 15) is 4.79 Å². The van der Waals surface area contributed by atoms with Crippen LogP contribution in [0.3, 0.4) is 0 Å². The zero-order valence-electron chi connectivity index (χ0n) is 11.2. The normalized spacial score (nSPS) is 10.8.